The summed E-state index contributed by atoms with van der Waals surface area (Å²) >= 11 is 0. The monoisotopic (exact) mass is 432 g/mol. The van der Waals surface area contributed by atoms with Crippen molar-refractivity contribution < 1.29 is 23.9 Å². The Hall–Kier alpha value is -2.65. The van der Waals surface area contributed by atoms with E-state index in [1.54, 1.807) is 19.2 Å². The number of morpholine rings is 1. The second kappa shape index (κ2) is 10.1. The van der Waals surface area contributed by atoms with Crippen molar-refractivity contribution in [3.8, 4) is 5.75 Å². The van der Waals surface area contributed by atoms with Gasteiger partial charge in [-0.05, 0) is 49.6 Å². The van der Waals surface area contributed by atoms with Gasteiger partial charge in [-0.3, -0.25) is 19.4 Å². The fourth-order valence-corrected chi connectivity index (χ4v) is 4.11. The number of imide groups is 1. The van der Waals surface area contributed by atoms with E-state index < -0.39 is 17.5 Å². The topological polar surface area (TPSA) is 100 Å². The number of nitrogens with zero attached hydrogens (tertiary/aromatic N) is 2. The summed E-state index contributed by atoms with van der Waals surface area (Å²) in [6.45, 7) is 8.09. The van der Waals surface area contributed by atoms with Crippen molar-refractivity contribution in [2.45, 2.75) is 32.2 Å². The van der Waals surface area contributed by atoms with Crippen LogP contribution in [0.1, 0.15) is 30.9 Å². The highest BCUT2D eigenvalue weighted by molar-refractivity contribution is 6.09. The van der Waals surface area contributed by atoms with Crippen LogP contribution in [0.5, 0.6) is 5.75 Å². The molecule has 1 aromatic carbocycles. The van der Waals surface area contributed by atoms with E-state index in [9.17, 15) is 14.4 Å². The molecular weight excluding hydrogens is 400 g/mol. The molecule has 0 aromatic heterocycles. The molecule has 0 saturated carbocycles. The van der Waals surface area contributed by atoms with Crippen LogP contribution in [0.2, 0.25) is 0 Å². The molecule has 2 saturated heterocycles. The van der Waals surface area contributed by atoms with Gasteiger partial charge in [0.05, 0.1) is 20.3 Å². The molecule has 2 aliphatic rings. The summed E-state index contributed by atoms with van der Waals surface area (Å²) in [7, 11) is 1.58. The zero-order valence-electron chi connectivity index (χ0n) is 18.5. The van der Waals surface area contributed by atoms with Gasteiger partial charge >= 0.3 is 6.03 Å². The van der Waals surface area contributed by atoms with Crippen molar-refractivity contribution in [2.75, 3.05) is 53.0 Å². The van der Waals surface area contributed by atoms with Crippen molar-refractivity contribution >= 4 is 17.8 Å². The molecule has 0 aliphatic carbocycles. The van der Waals surface area contributed by atoms with Gasteiger partial charge in [0.2, 0.25) is 5.91 Å². The van der Waals surface area contributed by atoms with E-state index in [0.29, 0.717) is 24.3 Å². The number of urea groups is 1. The van der Waals surface area contributed by atoms with Crippen LogP contribution in [-0.4, -0.2) is 80.7 Å². The molecule has 1 atom stereocenters. The minimum absolute atomic E-state index is 0.293. The number of hydrogen-bond acceptors (Lipinski definition) is 6. The van der Waals surface area contributed by atoms with E-state index in [2.05, 4.69) is 15.5 Å². The molecular formula is C22H32N4O5. The summed E-state index contributed by atoms with van der Waals surface area (Å²) in [5.41, 5.74) is 0.372. The first-order valence-corrected chi connectivity index (χ1v) is 10.8. The summed E-state index contributed by atoms with van der Waals surface area (Å²) in [6, 6.07) is 4.85. The van der Waals surface area contributed by atoms with E-state index in [1.807, 2.05) is 19.9 Å². The molecule has 9 heteroatoms. The fraction of sp³-hybridized carbons (Fsp3) is 0.591. The molecule has 2 heterocycles. The van der Waals surface area contributed by atoms with Crippen molar-refractivity contribution in [1.29, 1.82) is 0 Å². The summed E-state index contributed by atoms with van der Waals surface area (Å²) in [6.07, 6.45) is 1.18. The van der Waals surface area contributed by atoms with Gasteiger partial charge in [-0.2, -0.15) is 0 Å². The van der Waals surface area contributed by atoms with Gasteiger partial charge in [-0.15, -0.1) is 0 Å². The molecule has 2 fully saturated rings. The van der Waals surface area contributed by atoms with Crippen LogP contribution < -0.4 is 15.4 Å². The predicted octanol–water partition coefficient (Wildman–Crippen LogP) is 0.999. The quantitative estimate of drug-likeness (QED) is 0.446. The van der Waals surface area contributed by atoms with Crippen LogP contribution in [0.15, 0.2) is 18.2 Å². The Labute approximate surface area is 183 Å². The van der Waals surface area contributed by atoms with Gasteiger partial charge < -0.3 is 20.1 Å². The van der Waals surface area contributed by atoms with E-state index >= 15 is 0 Å². The molecule has 9 nitrogen and oxygen atoms in total. The number of carbonyl (C=O) groups excluding carboxylic acids is 3. The maximum Gasteiger partial charge on any atom is 0.325 e. The number of carbonyl (C=O) groups is 3. The molecule has 1 unspecified atom stereocenters. The van der Waals surface area contributed by atoms with Crippen LogP contribution in [0.25, 0.3) is 0 Å². The molecule has 2 aliphatic heterocycles. The third-order valence-corrected chi connectivity index (χ3v) is 5.97. The van der Waals surface area contributed by atoms with E-state index in [-0.39, 0.29) is 12.5 Å². The first-order chi connectivity index (χ1) is 14.9. The molecule has 4 amide bonds. The van der Waals surface area contributed by atoms with Gasteiger partial charge in [0.1, 0.15) is 17.8 Å². The zero-order valence-corrected chi connectivity index (χ0v) is 18.5. The van der Waals surface area contributed by atoms with Crippen LogP contribution >= 0.6 is 0 Å². The molecule has 0 bridgehead atoms. The molecule has 31 heavy (non-hydrogen) atoms. The van der Waals surface area contributed by atoms with Crippen molar-refractivity contribution in [3.63, 3.8) is 0 Å². The molecule has 0 spiro atoms. The van der Waals surface area contributed by atoms with Gasteiger partial charge in [-0.25, -0.2) is 4.79 Å². The Kier molecular flexibility index (Phi) is 7.50. The van der Waals surface area contributed by atoms with Crippen LogP contribution in [0, 0.1) is 6.92 Å². The summed E-state index contributed by atoms with van der Waals surface area (Å²) in [5.74, 6) is -0.0450. The minimum Gasteiger partial charge on any atom is -0.496 e. The lowest BCUT2D eigenvalue weighted by Gasteiger charge is -2.27. The highest BCUT2D eigenvalue weighted by Gasteiger charge is 2.51. The highest BCUT2D eigenvalue weighted by Crippen LogP contribution is 2.34. The number of nitrogens with one attached hydrogen (secondary N) is 2. The van der Waals surface area contributed by atoms with Gasteiger partial charge in [0, 0.05) is 19.6 Å². The number of hydrogen-bond donors (Lipinski definition) is 2. The Morgan fingerprint density at radius 1 is 1.29 bits per heavy atom. The van der Waals surface area contributed by atoms with Crippen LogP contribution in [0.4, 0.5) is 4.79 Å². The maximum absolute atomic E-state index is 13.2. The Morgan fingerprint density at radius 2 is 2.03 bits per heavy atom. The number of amides is 4. The number of ether oxygens (including phenoxy) is 2. The molecule has 0 radical (unpaired) electrons. The third kappa shape index (κ3) is 4.99. The minimum atomic E-state index is -1.18. The summed E-state index contributed by atoms with van der Waals surface area (Å²) in [4.78, 5) is 41.5. The average molecular weight is 433 g/mol. The lowest BCUT2D eigenvalue weighted by Crippen LogP contribution is -2.45. The highest BCUT2D eigenvalue weighted by atomic mass is 16.5. The van der Waals surface area contributed by atoms with Crippen LogP contribution in [-0.2, 0) is 19.9 Å². The predicted molar refractivity (Wildman–Crippen MR) is 115 cm³/mol. The SMILES string of the molecule is CCC1(c2ccc(OC)c(C)c2)NC(=O)N(CC(=O)NCCCN2CCOCC2)C1=O. The van der Waals surface area contributed by atoms with Gasteiger partial charge in [0.15, 0.2) is 0 Å². The Bertz CT molecular complexity index is 824. The first-order valence-electron chi connectivity index (χ1n) is 10.8. The molecule has 2 N–H and O–H groups in total. The normalized spacial score (nSPS) is 21.8. The van der Waals surface area contributed by atoms with Gasteiger partial charge in [-0.1, -0.05) is 13.0 Å². The van der Waals surface area contributed by atoms with E-state index in [4.69, 9.17) is 9.47 Å². The Morgan fingerprint density at radius 3 is 2.68 bits per heavy atom. The maximum atomic E-state index is 13.2. The number of rotatable bonds is 9. The Balaban J connectivity index is 1.58. The third-order valence-electron chi connectivity index (χ3n) is 5.97. The van der Waals surface area contributed by atoms with Gasteiger partial charge in [0.25, 0.3) is 5.91 Å². The standard InChI is InChI=1S/C22H32N4O5/c1-4-22(17-6-7-18(30-3)16(2)14-17)20(28)26(21(29)24-22)15-19(27)23-8-5-9-25-10-12-31-13-11-25/h6-7,14H,4-5,8-13,15H2,1-3H3,(H,23,27)(H,24,29). The molecule has 1 aromatic rings. The van der Waals surface area contributed by atoms with Crippen molar-refractivity contribution in [3.05, 3.63) is 29.3 Å². The molecule has 170 valence electrons. The number of aryl methyl sites for hydroxylation is 1. The summed E-state index contributed by atoms with van der Waals surface area (Å²) < 4.78 is 10.6. The second-order valence-electron chi connectivity index (χ2n) is 7.92. The first kappa shape index (κ1) is 23.0. The second-order valence-corrected chi connectivity index (χ2v) is 7.92. The molecule has 3 rings (SSSR count). The fourth-order valence-electron chi connectivity index (χ4n) is 4.11. The number of benzene rings is 1. The van der Waals surface area contributed by atoms with Crippen molar-refractivity contribution in [2.24, 2.45) is 0 Å². The van der Waals surface area contributed by atoms with E-state index in [1.165, 1.54) is 0 Å². The van der Waals surface area contributed by atoms with Crippen molar-refractivity contribution in [1.82, 2.24) is 20.4 Å². The number of methoxy groups -OCH3 is 1. The average Bonchev–Trinajstić information content (AvgIpc) is 3.02. The summed E-state index contributed by atoms with van der Waals surface area (Å²) in [5, 5.41) is 5.62. The van der Waals surface area contributed by atoms with Crippen LogP contribution in [0.3, 0.4) is 0 Å². The zero-order chi connectivity index (χ0) is 22.4. The lowest BCUT2D eigenvalue weighted by molar-refractivity contribution is -0.135. The van der Waals surface area contributed by atoms with E-state index in [0.717, 1.165) is 49.7 Å². The lowest BCUT2D eigenvalue weighted by atomic mass is 9.86. The smallest absolute Gasteiger partial charge is 0.325 e. The largest absolute Gasteiger partial charge is 0.496 e.